The minimum Gasteiger partial charge on any atom is -0.481 e. The van der Waals surface area contributed by atoms with Crippen LogP contribution in [-0.2, 0) is 32.2 Å². The Balaban J connectivity index is 1.41. The molecule has 1 aliphatic carbocycles. The lowest BCUT2D eigenvalue weighted by Gasteiger charge is -2.25. The fraction of sp³-hybridized carbons (Fsp3) is 0.462. The van der Waals surface area contributed by atoms with Crippen molar-refractivity contribution in [3.63, 3.8) is 0 Å². The topological polar surface area (TPSA) is 60.2 Å². The van der Waals surface area contributed by atoms with Gasteiger partial charge in [-0.05, 0) is 60.4 Å². The van der Waals surface area contributed by atoms with Crippen LogP contribution in [0.3, 0.4) is 0 Å². The van der Waals surface area contributed by atoms with E-state index in [2.05, 4.69) is 30.4 Å². The number of pyridine rings is 1. The van der Waals surface area contributed by atoms with Crippen molar-refractivity contribution in [2.45, 2.75) is 65.0 Å². The van der Waals surface area contributed by atoms with E-state index in [0.29, 0.717) is 5.41 Å². The van der Waals surface area contributed by atoms with Crippen LogP contribution in [0.2, 0.25) is 5.02 Å². The number of hydrogen-bond donors (Lipinski definition) is 1. The Hall–Kier alpha value is -2.37. The summed E-state index contributed by atoms with van der Waals surface area (Å²) >= 11 is 6.61. The molecule has 1 atom stereocenters. The summed E-state index contributed by atoms with van der Waals surface area (Å²) in [5, 5.41) is 8.48. The first-order chi connectivity index (χ1) is 15.6. The Morgan fingerprint density at radius 3 is 2.84 bits per heavy atom. The van der Waals surface area contributed by atoms with Gasteiger partial charge >= 0.3 is 0 Å². The molecule has 0 bridgehead atoms. The zero-order chi connectivity index (χ0) is 21.9. The maximum absolute atomic E-state index is 6.61. The van der Waals surface area contributed by atoms with E-state index in [4.69, 9.17) is 25.8 Å². The van der Waals surface area contributed by atoms with Gasteiger partial charge in [0.05, 0.1) is 5.69 Å². The third kappa shape index (κ3) is 3.09. The first-order valence-electron chi connectivity index (χ1n) is 11.7. The monoisotopic (exact) mass is 449 g/mol. The van der Waals surface area contributed by atoms with Crippen LogP contribution in [0.1, 0.15) is 66.6 Å². The van der Waals surface area contributed by atoms with Crippen molar-refractivity contribution in [3.05, 3.63) is 63.3 Å². The fourth-order valence-corrected chi connectivity index (χ4v) is 6.01. The predicted molar refractivity (Wildman–Crippen MR) is 124 cm³/mol. The molecular weight excluding hydrogens is 422 g/mol. The zero-order valence-corrected chi connectivity index (χ0v) is 19.4. The smallest absolute Gasteiger partial charge is 0.182 e. The number of fused-ring (bicyclic) bond motifs is 3. The first-order valence-corrected chi connectivity index (χ1v) is 12.1. The molecule has 1 unspecified atom stereocenters. The number of nitrogens with zero attached hydrogens (tertiary/aromatic N) is 2. The van der Waals surface area contributed by atoms with Crippen molar-refractivity contribution in [2.75, 3.05) is 6.54 Å². The van der Waals surface area contributed by atoms with Crippen LogP contribution >= 0.6 is 11.6 Å². The van der Waals surface area contributed by atoms with Gasteiger partial charge in [0.25, 0.3) is 0 Å². The summed E-state index contributed by atoms with van der Waals surface area (Å²) in [6, 6.07) is 6.21. The van der Waals surface area contributed by atoms with E-state index in [9.17, 15) is 0 Å². The average Bonchev–Trinajstić information content (AvgIpc) is 3.52. The second-order valence-corrected chi connectivity index (χ2v) is 9.93. The summed E-state index contributed by atoms with van der Waals surface area (Å²) in [5.74, 6) is 1.77. The van der Waals surface area contributed by atoms with E-state index in [1.54, 1.807) is 0 Å². The average molecular weight is 450 g/mol. The highest BCUT2D eigenvalue weighted by Crippen LogP contribution is 2.50. The van der Waals surface area contributed by atoms with Crippen LogP contribution in [0.25, 0.3) is 11.1 Å². The van der Waals surface area contributed by atoms with Gasteiger partial charge in [-0.25, -0.2) is 0 Å². The van der Waals surface area contributed by atoms with E-state index in [1.807, 2.05) is 18.3 Å². The number of halogens is 1. The highest BCUT2D eigenvalue weighted by atomic mass is 35.5. The molecule has 0 saturated heterocycles. The molecule has 166 valence electrons. The molecule has 0 amide bonds. The van der Waals surface area contributed by atoms with Gasteiger partial charge in [-0.1, -0.05) is 30.6 Å². The Labute approximate surface area is 193 Å². The Morgan fingerprint density at radius 1 is 1.12 bits per heavy atom. The van der Waals surface area contributed by atoms with Crippen molar-refractivity contribution in [1.82, 2.24) is 15.5 Å². The molecule has 1 N–H and O–H groups in total. The van der Waals surface area contributed by atoms with Gasteiger partial charge in [0, 0.05) is 59.5 Å². The third-order valence-corrected chi connectivity index (χ3v) is 8.08. The normalized spacial score (nSPS) is 20.5. The molecule has 4 heterocycles. The van der Waals surface area contributed by atoms with Gasteiger partial charge in [0.2, 0.25) is 0 Å². The maximum Gasteiger partial charge on any atom is 0.182 e. The molecule has 2 aromatic heterocycles. The van der Waals surface area contributed by atoms with Crippen LogP contribution in [-0.4, -0.2) is 16.7 Å². The van der Waals surface area contributed by atoms with Crippen molar-refractivity contribution in [1.29, 1.82) is 0 Å². The largest absolute Gasteiger partial charge is 0.481 e. The van der Waals surface area contributed by atoms with Crippen molar-refractivity contribution < 1.29 is 9.26 Å². The van der Waals surface area contributed by atoms with Gasteiger partial charge in [0.15, 0.2) is 11.9 Å². The number of benzene rings is 1. The van der Waals surface area contributed by atoms with Gasteiger partial charge in [-0.15, -0.1) is 0 Å². The number of nitrogens with one attached hydrogen (secondary N) is 1. The van der Waals surface area contributed by atoms with E-state index in [-0.39, 0.29) is 6.10 Å². The van der Waals surface area contributed by atoms with Gasteiger partial charge in [-0.3, -0.25) is 4.98 Å². The second-order valence-electron chi connectivity index (χ2n) is 9.50. The molecule has 6 heteroatoms. The quantitative estimate of drug-likeness (QED) is 0.560. The molecule has 3 aromatic rings. The van der Waals surface area contributed by atoms with Crippen LogP contribution in [0, 0.1) is 5.41 Å². The fourth-order valence-electron chi connectivity index (χ4n) is 5.77. The first kappa shape index (κ1) is 20.3. The molecule has 5 nitrogen and oxygen atoms in total. The van der Waals surface area contributed by atoms with Crippen LogP contribution in [0.4, 0.5) is 0 Å². The lowest BCUT2D eigenvalue weighted by molar-refractivity contribution is 0.189. The van der Waals surface area contributed by atoms with Crippen molar-refractivity contribution in [2.24, 2.45) is 5.41 Å². The minimum absolute atomic E-state index is 0.168. The summed E-state index contributed by atoms with van der Waals surface area (Å²) in [6.07, 6.45) is 7.84. The molecule has 3 aliphatic rings. The number of hydrogen-bond acceptors (Lipinski definition) is 5. The van der Waals surface area contributed by atoms with E-state index >= 15 is 0 Å². The molecule has 0 radical (unpaired) electrons. The van der Waals surface area contributed by atoms with E-state index in [0.717, 1.165) is 90.5 Å². The maximum atomic E-state index is 6.61. The molecule has 2 aliphatic heterocycles. The van der Waals surface area contributed by atoms with E-state index in [1.165, 1.54) is 16.8 Å². The van der Waals surface area contributed by atoms with Gasteiger partial charge in [-0.2, -0.15) is 0 Å². The summed E-state index contributed by atoms with van der Waals surface area (Å²) in [5.41, 5.74) is 8.51. The van der Waals surface area contributed by atoms with Crippen LogP contribution < -0.4 is 10.1 Å². The molecule has 0 saturated carbocycles. The Morgan fingerprint density at radius 2 is 2.00 bits per heavy atom. The number of aromatic nitrogens is 2. The third-order valence-electron chi connectivity index (χ3n) is 7.86. The summed E-state index contributed by atoms with van der Waals surface area (Å²) in [4.78, 5) is 4.75. The molecule has 6 rings (SSSR count). The molecule has 32 heavy (non-hydrogen) atoms. The standard InChI is InChI=1S/C26H28ClN3O2/c1-3-26(4-2)12-19-17(5-8-29-22(19)13-26)18-11-16(27)9-15-10-23(31-24(15)18)25-20-14-28-7-6-21(20)30-32-25/h5,8-9,11,23,28H,3-4,6-7,10,12-14H2,1-2H3. The van der Waals surface area contributed by atoms with E-state index < -0.39 is 0 Å². The van der Waals surface area contributed by atoms with Crippen molar-refractivity contribution in [3.8, 4) is 16.9 Å². The molecule has 1 aromatic carbocycles. The Kier molecular flexibility index (Phi) is 4.81. The highest BCUT2D eigenvalue weighted by Gasteiger charge is 2.38. The molecular formula is C26H28ClN3O2. The predicted octanol–water partition coefficient (Wildman–Crippen LogP) is 5.62. The van der Waals surface area contributed by atoms with Crippen LogP contribution in [0.5, 0.6) is 5.75 Å². The summed E-state index contributed by atoms with van der Waals surface area (Å²) in [7, 11) is 0. The summed E-state index contributed by atoms with van der Waals surface area (Å²) in [6.45, 7) is 6.32. The van der Waals surface area contributed by atoms with Gasteiger partial charge in [0.1, 0.15) is 5.75 Å². The summed E-state index contributed by atoms with van der Waals surface area (Å²) < 4.78 is 12.4. The lowest BCUT2D eigenvalue weighted by atomic mass is 9.79. The highest BCUT2D eigenvalue weighted by molar-refractivity contribution is 6.31. The Bertz CT molecular complexity index is 1200. The number of rotatable bonds is 4. The van der Waals surface area contributed by atoms with Crippen LogP contribution in [0.15, 0.2) is 28.9 Å². The van der Waals surface area contributed by atoms with Gasteiger partial charge < -0.3 is 14.6 Å². The minimum atomic E-state index is -0.168. The zero-order valence-electron chi connectivity index (χ0n) is 18.6. The SMILES string of the molecule is CCC1(CC)Cc2nccc(-c3cc(Cl)cc4c3OC(c3onc5c3CNCC5)C4)c2C1. The van der Waals surface area contributed by atoms with Crippen molar-refractivity contribution >= 4 is 11.6 Å². The number of ether oxygens (including phenoxy) is 1. The molecule has 0 fully saturated rings. The molecule has 0 spiro atoms. The lowest BCUT2D eigenvalue weighted by Crippen LogP contribution is -2.24. The second kappa shape index (κ2) is 7.60.